The smallest absolute Gasteiger partial charge is 0.241 e. The van der Waals surface area contributed by atoms with Gasteiger partial charge in [-0.1, -0.05) is 55.3 Å². The summed E-state index contributed by atoms with van der Waals surface area (Å²) in [5, 5.41) is 70.4. The van der Waals surface area contributed by atoms with Crippen LogP contribution < -0.4 is 47.4 Å². The van der Waals surface area contributed by atoms with E-state index in [9.17, 15) is 20.1 Å². The number of nitrogens with zero attached hydrogens (tertiary/aromatic N) is 16. The molecule has 12 atom stereocenters. The van der Waals surface area contributed by atoms with E-state index in [1.54, 1.807) is 26.2 Å². The molecule has 8 aromatic rings. The van der Waals surface area contributed by atoms with Crippen LogP contribution in [0, 0.1) is 52.3 Å². The number of rotatable bonds is 16. The van der Waals surface area contributed by atoms with Crippen LogP contribution in [-0.4, -0.2) is 140 Å². The number of nitrogens with two attached hydrogens (primary N) is 1. The van der Waals surface area contributed by atoms with E-state index in [-0.39, 0.29) is 36.0 Å². The molecule has 2 aliphatic heterocycles. The maximum absolute atomic E-state index is 11.7. The lowest BCUT2D eigenvalue weighted by Crippen LogP contribution is -2.52. The van der Waals surface area contributed by atoms with Gasteiger partial charge >= 0.3 is 0 Å². The van der Waals surface area contributed by atoms with Gasteiger partial charge in [0.15, 0.2) is 10.0 Å². The van der Waals surface area contributed by atoms with Crippen molar-refractivity contribution < 1.29 is 9.59 Å². The standard InChI is InChI=1S/C32H39N11OS.C31H38N12OS/c1-18-6-4-5-7-25(18)38-31-35-14-23-10-11-28(43(23)41-31)27-12-26(36-19(2)13-33)24(15-34-27)30-39-40-32(45-30)42-16-21-8-9-22(17-42)29(21)37-20(3)44;1-17(12-32)36-25-11-26(27-10-9-21-13-35-30(41-43(21)27)38-24-6-4-3-5-23(24)33)34-14-22(25)29-39-40-31(45-29)42-15-19-7-8-20(16-42)28(19)37-18(2)44/h10-12,14-15,18-19,21-22,25,29H,4-9,16-17H2,1-3H3,(H,34,36)(H,37,44)(H,38,41);9-11,13-14,17,19-20,23-24,28H,3-8,15-16,33H2,1-2H3,(H,34,36)(H,37,44)(H,38,41)/t18-,19+,21-,22+,25+,29?;17-,19-,20+,23+,24-,28?/m01/s1. The lowest BCUT2D eigenvalue weighted by atomic mass is 9.86. The number of nitrogens with one attached hydrogen (secondary N) is 6. The molecule has 2 unspecified atom stereocenters. The Morgan fingerprint density at radius 1 is 0.578 bits per heavy atom. The second-order valence-corrected chi connectivity index (χ2v) is 27.4. The molecule has 8 aromatic heterocycles. The Kier molecular flexibility index (Phi) is 17.4. The maximum Gasteiger partial charge on any atom is 0.241 e. The molecule has 0 radical (unpaired) electrons. The highest BCUT2D eigenvalue weighted by molar-refractivity contribution is 7.18. The number of amides is 2. The summed E-state index contributed by atoms with van der Waals surface area (Å²) in [6.45, 7) is 12.5. The zero-order valence-corrected chi connectivity index (χ0v) is 53.0. The van der Waals surface area contributed by atoms with E-state index in [0.717, 1.165) is 155 Å². The van der Waals surface area contributed by atoms with E-state index in [2.05, 4.69) is 91.1 Å². The summed E-state index contributed by atoms with van der Waals surface area (Å²) in [6.07, 6.45) is 20.8. The van der Waals surface area contributed by atoms with Gasteiger partial charge in [-0.2, -0.15) is 10.5 Å². The first-order valence-electron chi connectivity index (χ1n) is 31.8. The van der Waals surface area contributed by atoms with Gasteiger partial charge in [-0.3, -0.25) is 19.6 Å². The number of fused-ring (bicyclic) bond motifs is 6. The molecule has 90 heavy (non-hydrogen) atoms. The molecule has 4 saturated carbocycles. The molecule has 6 fully saturated rings. The second-order valence-electron chi connectivity index (χ2n) is 25.4. The van der Waals surface area contributed by atoms with Crippen LogP contribution in [-0.2, 0) is 9.59 Å². The number of aromatic nitrogens is 12. The number of piperidine rings is 2. The molecule has 25 nitrogen and oxygen atoms in total. The van der Waals surface area contributed by atoms with E-state index < -0.39 is 12.1 Å². The van der Waals surface area contributed by atoms with Gasteiger partial charge in [-0.15, -0.1) is 30.6 Å². The lowest BCUT2D eigenvalue weighted by molar-refractivity contribution is -0.121. The van der Waals surface area contributed by atoms with Crippen molar-refractivity contribution in [1.29, 1.82) is 10.5 Å². The maximum atomic E-state index is 11.7. The third kappa shape index (κ3) is 12.8. The van der Waals surface area contributed by atoms with Gasteiger partial charge in [0.25, 0.3) is 0 Å². The third-order valence-electron chi connectivity index (χ3n) is 19.1. The van der Waals surface area contributed by atoms with Crippen LogP contribution in [0.2, 0.25) is 0 Å². The average molecular weight is 1250 g/mol. The van der Waals surface area contributed by atoms with Crippen molar-refractivity contribution in [3.63, 3.8) is 0 Å². The van der Waals surface area contributed by atoms with Gasteiger partial charge in [0, 0.05) is 94.0 Å². The van der Waals surface area contributed by atoms with Gasteiger partial charge in [0.05, 0.1) is 69.5 Å². The number of carbonyl (C=O) groups excluding carboxylic acids is 2. The van der Waals surface area contributed by atoms with Crippen LogP contribution in [0.4, 0.5) is 33.5 Å². The second kappa shape index (κ2) is 26.0. The quantitative estimate of drug-likeness (QED) is 0.0476. The molecule has 14 rings (SSSR count). The summed E-state index contributed by atoms with van der Waals surface area (Å²) in [5.74, 6) is 3.45. The first kappa shape index (κ1) is 60.3. The van der Waals surface area contributed by atoms with Crippen LogP contribution in [0.25, 0.3) is 55.0 Å². The highest BCUT2D eigenvalue weighted by Crippen LogP contribution is 2.44. The third-order valence-corrected chi connectivity index (χ3v) is 21.1. The Balaban J connectivity index is 0.000000165. The zero-order valence-electron chi connectivity index (χ0n) is 51.4. The van der Waals surface area contributed by atoms with E-state index in [1.807, 2.05) is 71.7 Å². The topological polar surface area (TPSA) is 324 Å². The monoisotopic (exact) mass is 1250 g/mol. The fourth-order valence-electron chi connectivity index (χ4n) is 14.4. The van der Waals surface area contributed by atoms with Gasteiger partial charge in [0.2, 0.25) is 34.0 Å². The molecule has 27 heteroatoms. The number of hydrogen-bond donors (Lipinski definition) is 7. The molecule has 6 aliphatic rings. The molecular formula is C63H77N23O2S2. The van der Waals surface area contributed by atoms with Crippen molar-refractivity contribution in [2.45, 2.75) is 154 Å². The molecule has 0 spiro atoms. The molecule has 468 valence electrons. The number of nitriles is 2. The lowest BCUT2D eigenvalue weighted by Gasteiger charge is -2.37. The van der Waals surface area contributed by atoms with Gasteiger partial charge in [0.1, 0.15) is 12.1 Å². The highest BCUT2D eigenvalue weighted by atomic mass is 32.1. The largest absolute Gasteiger partial charge is 0.369 e. The highest BCUT2D eigenvalue weighted by Gasteiger charge is 2.45. The first-order valence-corrected chi connectivity index (χ1v) is 33.4. The normalized spacial score (nSPS) is 25.1. The minimum Gasteiger partial charge on any atom is -0.369 e. The Hall–Kier alpha value is -8.66. The molecular weight excluding hydrogens is 1170 g/mol. The number of anilines is 6. The minimum atomic E-state index is -0.434. The van der Waals surface area contributed by atoms with Crippen LogP contribution in [0.5, 0.6) is 0 Å². The van der Waals surface area contributed by atoms with E-state index >= 15 is 0 Å². The predicted molar refractivity (Wildman–Crippen MR) is 349 cm³/mol. The van der Waals surface area contributed by atoms with Crippen molar-refractivity contribution in [3.05, 3.63) is 61.2 Å². The Morgan fingerprint density at radius 2 is 1.01 bits per heavy atom. The number of hydrogen-bond acceptors (Lipinski definition) is 23. The molecule has 0 aromatic carbocycles. The molecule has 8 N–H and O–H groups in total. The summed E-state index contributed by atoms with van der Waals surface area (Å²) in [4.78, 5) is 46.9. The number of pyridine rings is 2. The van der Waals surface area contributed by atoms with Crippen LogP contribution in [0.3, 0.4) is 0 Å². The van der Waals surface area contributed by atoms with E-state index in [1.165, 1.54) is 41.9 Å². The van der Waals surface area contributed by atoms with Gasteiger partial charge in [-0.25, -0.2) is 19.0 Å². The number of carbonyl (C=O) groups is 2. The first-order chi connectivity index (χ1) is 43.7. The van der Waals surface area contributed by atoms with Crippen molar-refractivity contribution in [2.24, 2.45) is 35.3 Å². The van der Waals surface area contributed by atoms with Crippen molar-refractivity contribution >= 4 is 79.1 Å². The Bertz CT molecular complexity index is 3720. The minimum absolute atomic E-state index is 0.0352. The molecule has 4 aliphatic carbocycles. The predicted octanol–water partition coefficient (Wildman–Crippen LogP) is 8.64. The van der Waals surface area contributed by atoms with Crippen LogP contribution >= 0.6 is 22.7 Å². The summed E-state index contributed by atoms with van der Waals surface area (Å²) in [5.41, 5.74) is 14.2. The fraction of sp³-hybridized carbons (Fsp3) is 0.524. The van der Waals surface area contributed by atoms with Gasteiger partial charge < -0.3 is 47.4 Å². The summed E-state index contributed by atoms with van der Waals surface area (Å²) in [7, 11) is 0. The average Bonchev–Trinajstić information content (AvgIpc) is 1.80. The molecule has 2 saturated heterocycles. The van der Waals surface area contributed by atoms with E-state index in [0.29, 0.717) is 53.2 Å². The van der Waals surface area contributed by atoms with Crippen molar-refractivity contribution in [2.75, 3.05) is 57.2 Å². The fourth-order valence-corrected chi connectivity index (χ4v) is 16.2. The van der Waals surface area contributed by atoms with Crippen LogP contribution in [0.1, 0.15) is 112 Å². The SMILES string of the molecule is CC(=O)NC1[C@@H]2CC[C@H]1CN(c1nnc(-c3cnc(-c4ccc5cnc(N[C@@H]6CCCC[C@@H]6C)nn45)cc3N[C@H](C)C#N)s1)C2.CC(=O)NC1[C@@H]2CC[C@H]1CN(c1nnc(-c3cnc(-c4ccc5cnc(N[C@@H]6CCCC[C@@H]6N)nn45)cc3N[C@H](C)C#N)s1)C2. The summed E-state index contributed by atoms with van der Waals surface area (Å²) < 4.78 is 3.72. The Labute approximate surface area is 530 Å². The van der Waals surface area contributed by atoms with Gasteiger partial charge in [-0.05, 0) is 131 Å². The summed E-state index contributed by atoms with van der Waals surface area (Å²) >= 11 is 3.05. The summed E-state index contributed by atoms with van der Waals surface area (Å²) in [6, 6.07) is 16.6. The van der Waals surface area contributed by atoms with Crippen molar-refractivity contribution in [1.82, 2.24) is 70.2 Å². The van der Waals surface area contributed by atoms with E-state index in [4.69, 9.17) is 25.9 Å². The van der Waals surface area contributed by atoms with Crippen molar-refractivity contribution in [3.8, 4) is 56.1 Å². The molecule has 4 bridgehead atoms. The van der Waals surface area contributed by atoms with Crippen LogP contribution in [0.15, 0.2) is 61.2 Å². The zero-order chi connectivity index (χ0) is 62.2. The molecule has 10 heterocycles. The Morgan fingerprint density at radius 3 is 1.44 bits per heavy atom. The molecule has 2 amide bonds.